The second kappa shape index (κ2) is 7.84. The van der Waals surface area contributed by atoms with Gasteiger partial charge in [0.2, 0.25) is 11.8 Å². The minimum absolute atomic E-state index is 0.0189. The number of amides is 3. The zero-order chi connectivity index (χ0) is 18.8. The van der Waals surface area contributed by atoms with Gasteiger partial charge in [-0.05, 0) is 31.0 Å². The van der Waals surface area contributed by atoms with Gasteiger partial charge >= 0.3 is 0 Å². The predicted octanol–water partition coefficient (Wildman–Crippen LogP) is 2.29. The Labute approximate surface area is 162 Å². The van der Waals surface area contributed by atoms with Gasteiger partial charge in [0.05, 0.1) is 10.6 Å². The lowest BCUT2D eigenvalue weighted by Gasteiger charge is -2.37. The van der Waals surface area contributed by atoms with Crippen molar-refractivity contribution in [2.75, 3.05) is 32.7 Å². The molecule has 0 radical (unpaired) electrons. The van der Waals surface area contributed by atoms with Gasteiger partial charge in [-0.3, -0.25) is 14.4 Å². The Kier molecular flexibility index (Phi) is 5.73. The summed E-state index contributed by atoms with van der Waals surface area (Å²) in [5.74, 6) is -0.307. The van der Waals surface area contributed by atoms with Gasteiger partial charge in [-0.25, -0.2) is 0 Å². The Morgan fingerprint density at radius 2 is 1.65 bits per heavy atom. The predicted molar refractivity (Wildman–Crippen MR) is 99.4 cm³/mol. The zero-order valence-electron chi connectivity index (χ0n) is 14.6. The maximum Gasteiger partial charge on any atom is 0.256 e. The highest BCUT2D eigenvalue weighted by molar-refractivity contribution is 6.35. The van der Waals surface area contributed by atoms with E-state index in [1.54, 1.807) is 26.8 Å². The largest absolute Gasteiger partial charge is 0.339 e. The van der Waals surface area contributed by atoms with Crippen LogP contribution in [0.4, 0.5) is 0 Å². The van der Waals surface area contributed by atoms with Gasteiger partial charge < -0.3 is 14.7 Å². The van der Waals surface area contributed by atoms with Gasteiger partial charge in [-0.2, -0.15) is 0 Å². The van der Waals surface area contributed by atoms with Crippen molar-refractivity contribution < 1.29 is 14.4 Å². The summed E-state index contributed by atoms with van der Waals surface area (Å²) in [6.07, 6.45) is 1.41. The average Bonchev–Trinajstić information content (AvgIpc) is 3.12. The summed E-state index contributed by atoms with van der Waals surface area (Å²) in [5, 5.41) is 0.757. The Balaban J connectivity index is 1.72. The number of piperazine rings is 1. The minimum atomic E-state index is -0.485. The number of halogens is 2. The van der Waals surface area contributed by atoms with E-state index in [1.807, 2.05) is 0 Å². The molecule has 26 heavy (non-hydrogen) atoms. The van der Waals surface area contributed by atoms with Crippen molar-refractivity contribution in [3.63, 3.8) is 0 Å². The van der Waals surface area contributed by atoms with E-state index >= 15 is 0 Å². The van der Waals surface area contributed by atoms with Crippen LogP contribution in [0.25, 0.3) is 0 Å². The van der Waals surface area contributed by atoms with Crippen molar-refractivity contribution in [1.82, 2.24) is 14.7 Å². The first kappa shape index (κ1) is 19.0. The third-order valence-corrected chi connectivity index (χ3v) is 5.56. The number of benzene rings is 1. The van der Waals surface area contributed by atoms with Gasteiger partial charge in [-0.15, -0.1) is 0 Å². The van der Waals surface area contributed by atoms with Crippen molar-refractivity contribution in [2.45, 2.75) is 25.8 Å². The van der Waals surface area contributed by atoms with Crippen LogP contribution in [0.2, 0.25) is 10.0 Å². The molecule has 1 aromatic rings. The monoisotopic (exact) mass is 397 g/mol. The highest BCUT2D eigenvalue weighted by Gasteiger charge is 2.38. The van der Waals surface area contributed by atoms with E-state index in [0.29, 0.717) is 54.8 Å². The van der Waals surface area contributed by atoms with Crippen LogP contribution in [0.5, 0.6) is 0 Å². The molecule has 0 saturated carbocycles. The summed E-state index contributed by atoms with van der Waals surface area (Å²) in [6.45, 7) is 4.10. The molecule has 6 nitrogen and oxygen atoms in total. The maximum atomic E-state index is 12.9. The average molecular weight is 398 g/mol. The molecule has 140 valence electrons. The fourth-order valence-corrected chi connectivity index (χ4v) is 3.91. The lowest BCUT2D eigenvalue weighted by Crippen LogP contribution is -2.55. The lowest BCUT2D eigenvalue weighted by atomic mass is 10.1. The van der Waals surface area contributed by atoms with E-state index in [1.165, 1.54) is 13.0 Å². The minimum Gasteiger partial charge on any atom is -0.339 e. The Morgan fingerprint density at radius 1 is 1.00 bits per heavy atom. The summed E-state index contributed by atoms with van der Waals surface area (Å²) in [5.41, 5.74) is 0.320. The topological polar surface area (TPSA) is 60.9 Å². The van der Waals surface area contributed by atoms with Gasteiger partial charge in [0, 0.05) is 44.7 Å². The molecule has 0 aliphatic carbocycles. The summed E-state index contributed by atoms with van der Waals surface area (Å²) < 4.78 is 0. The molecular weight excluding hydrogens is 377 g/mol. The molecule has 2 fully saturated rings. The van der Waals surface area contributed by atoms with E-state index in [2.05, 4.69) is 0 Å². The Bertz CT molecular complexity index is 732. The standard InChI is InChI=1S/C18H21Cl2N3O3/c1-12(24)21-7-9-22(10-8-21)18(26)16-3-2-6-23(16)17(25)14-11-13(19)4-5-15(14)20/h4-5,11,16H,2-3,6-10H2,1H3. The molecule has 0 aromatic heterocycles. The third-order valence-electron chi connectivity index (χ3n) is 4.99. The number of hydrogen-bond donors (Lipinski definition) is 0. The lowest BCUT2D eigenvalue weighted by molar-refractivity contribution is -0.141. The van der Waals surface area contributed by atoms with Crippen LogP contribution in [0, 0.1) is 0 Å². The number of rotatable bonds is 2. The highest BCUT2D eigenvalue weighted by atomic mass is 35.5. The fraction of sp³-hybridized carbons (Fsp3) is 0.500. The molecule has 2 aliphatic heterocycles. The van der Waals surface area contributed by atoms with Gasteiger partial charge in [0.1, 0.15) is 6.04 Å². The van der Waals surface area contributed by atoms with E-state index in [4.69, 9.17) is 23.2 Å². The summed E-state index contributed by atoms with van der Waals surface area (Å²) in [6, 6.07) is 4.27. The van der Waals surface area contributed by atoms with Crippen LogP contribution in [0.3, 0.4) is 0 Å². The zero-order valence-corrected chi connectivity index (χ0v) is 16.1. The van der Waals surface area contributed by atoms with Crippen LogP contribution in [-0.2, 0) is 9.59 Å². The molecule has 1 atom stereocenters. The first-order chi connectivity index (χ1) is 12.4. The number of carbonyl (C=O) groups excluding carboxylic acids is 3. The van der Waals surface area contributed by atoms with Crippen LogP contribution in [0.1, 0.15) is 30.1 Å². The molecule has 0 N–H and O–H groups in total. The van der Waals surface area contributed by atoms with Crippen LogP contribution in [0.15, 0.2) is 18.2 Å². The van der Waals surface area contributed by atoms with Gasteiger partial charge in [-0.1, -0.05) is 23.2 Å². The Hall–Kier alpha value is -1.79. The van der Waals surface area contributed by atoms with Gasteiger partial charge in [0.15, 0.2) is 0 Å². The first-order valence-electron chi connectivity index (χ1n) is 8.69. The molecule has 8 heteroatoms. The summed E-state index contributed by atoms with van der Waals surface area (Å²) in [4.78, 5) is 42.4. The van der Waals surface area contributed by atoms with Crippen LogP contribution in [-0.4, -0.2) is 71.2 Å². The molecule has 2 saturated heterocycles. The summed E-state index contributed by atoms with van der Waals surface area (Å²) in [7, 11) is 0. The molecule has 2 aliphatic rings. The van der Waals surface area contributed by atoms with E-state index in [-0.39, 0.29) is 17.7 Å². The van der Waals surface area contributed by atoms with Crippen molar-refractivity contribution in [1.29, 1.82) is 0 Å². The quantitative estimate of drug-likeness (QED) is 0.768. The SMILES string of the molecule is CC(=O)N1CCN(C(=O)C2CCCN2C(=O)c2cc(Cl)ccc2Cl)CC1. The molecule has 1 unspecified atom stereocenters. The van der Waals surface area contributed by atoms with Crippen molar-refractivity contribution >= 4 is 40.9 Å². The molecular formula is C18H21Cl2N3O3. The normalized spacial score (nSPS) is 20.4. The first-order valence-corrected chi connectivity index (χ1v) is 9.44. The van der Waals surface area contributed by atoms with Crippen LogP contribution >= 0.6 is 23.2 Å². The molecule has 1 aromatic carbocycles. The molecule has 0 bridgehead atoms. The van der Waals surface area contributed by atoms with Gasteiger partial charge in [0.25, 0.3) is 5.91 Å². The molecule has 2 heterocycles. The molecule has 0 spiro atoms. The Morgan fingerprint density at radius 3 is 2.31 bits per heavy atom. The second-order valence-electron chi connectivity index (χ2n) is 6.61. The molecule has 3 amide bonds. The number of nitrogens with zero attached hydrogens (tertiary/aromatic N) is 3. The molecule has 3 rings (SSSR count). The van der Waals surface area contributed by atoms with E-state index in [0.717, 1.165) is 6.42 Å². The highest BCUT2D eigenvalue weighted by Crippen LogP contribution is 2.27. The van der Waals surface area contributed by atoms with Crippen molar-refractivity contribution in [3.8, 4) is 0 Å². The number of likely N-dealkylation sites (tertiary alicyclic amines) is 1. The van der Waals surface area contributed by atoms with Crippen LogP contribution < -0.4 is 0 Å². The number of hydrogen-bond acceptors (Lipinski definition) is 3. The second-order valence-corrected chi connectivity index (χ2v) is 7.46. The smallest absolute Gasteiger partial charge is 0.256 e. The number of carbonyl (C=O) groups is 3. The summed E-state index contributed by atoms with van der Waals surface area (Å²) >= 11 is 12.1. The van der Waals surface area contributed by atoms with E-state index < -0.39 is 6.04 Å². The maximum absolute atomic E-state index is 12.9. The van der Waals surface area contributed by atoms with Crippen molar-refractivity contribution in [2.24, 2.45) is 0 Å². The van der Waals surface area contributed by atoms with Crippen molar-refractivity contribution in [3.05, 3.63) is 33.8 Å². The van der Waals surface area contributed by atoms with E-state index in [9.17, 15) is 14.4 Å². The fourth-order valence-electron chi connectivity index (χ4n) is 3.54. The third kappa shape index (κ3) is 3.81.